The number of hydrogen-bond donors (Lipinski definition) is 2. The van der Waals surface area contributed by atoms with E-state index in [4.69, 9.17) is 23.7 Å². The van der Waals surface area contributed by atoms with Crippen LogP contribution in [-0.2, 0) is 33.3 Å². The minimum Gasteiger partial charge on any atom is -0.462 e. The fourth-order valence-corrected chi connectivity index (χ4v) is 7.68. The Kier molecular flexibility index (Phi) is 6.05. The fraction of sp³-hybridized carbons (Fsp3) is 0.655. The summed E-state index contributed by atoms with van der Waals surface area (Å²) >= 11 is 0. The molecule has 0 radical (unpaired) electrons. The molecule has 38 heavy (non-hydrogen) atoms. The SMILES string of the molecule is CC1=C[C@H]2O[C@@H]3C[C@H]4OC(=O)/C=C\C=C\C5(C(C)O)OCC/C(=C\C(=O)OC[C@@]2(CC1)[C@]4(C)[C@]31CO1)C5O. The van der Waals surface area contributed by atoms with Gasteiger partial charge in [0.05, 0.1) is 36.9 Å². The Morgan fingerprint density at radius 2 is 1.87 bits per heavy atom. The van der Waals surface area contributed by atoms with Crippen LogP contribution in [0.25, 0.3) is 0 Å². The molecule has 4 fully saturated rings. The zero-order valence-electron chi connectivity index (χ0n) is 22.1. The van der Waals surface area contributed by atoms with Gasteiger partial charge in [-0.2, -0.15) is 0 Å². The molecule has 0 aromatic carbocycles. The van der Waals surface area contributed by atoms with Crippen molar-refractivity contribution in [1.29, 1.82) is 0 Å². The topological polar surface area (TPSA) is 124 Å². The third kappa shape index (κ3) is 3.48. The molecule has 9 nitrogen and oxygen atoms in total. The molecule has 6 aliphatic rings. The maximum Gasteiger partial charge on any atom is 0.331 e. The summed E-state index contributed by atoms with van der Waals surface area (Å²) in [6.45, 7) is 6.43. The van der Waals surface area contributed by atoms with E-state index in [9.17, 15) is 19.8 Å². The first-order valence-electron chi connectivity index (χ1n) is 13.5. The third-order valence-corrected chi connectivity index (χ3v) is 10.1. The summed E-state index contributed by atoms with van der Waals surface area (Å²) in [5, 5.41) is 21.7. The van der Waals surface area contributed by atoms with Crippen molar-refractivity contribution < 1.29 is 43.5 Å². The highest BCUT2D eigenvalue weighted by molar-refractivity contribution is 5.83. The van der Waals surface area contributed by atoms with Crippen LogP contribution in [-0.4, -0.2) is 83.7 Å². The Labute approximate surface area is 222 Å². The van der Waals surface area contributed by atoms with Gasteiger partial charge in [-0.1, -0.05) is 30.7 Å². The Morgan fingerprint density at radius 1 is 1.08 bits per heavy atom. The smallest absolute Gasteiger partial charge is 0.331 e. The van der Waals surface area contributed by atoms with E-state index in [1.54, 1.807) is 6.08 Å². The molecule has 206 valence electrons. The first kappa shape index (κ1) is 26.0. The molecule has 2 spiro atoms. The molecular weight excluding hydrogens is 492 g/mol. The maximum absolute atomic E-state index is 13.2. The zero-order chi connectivity index (χ0) is 26.9. The number of carbonyl (C=O) groups is 2. The molecule has 3 unspecified atom stereocenters. The van der Waals surface area contributed by atoms with E-state index in [1.165, 1.54) is 36.8 Å². The van der Waals surface area contributed by atoms with Crippen molar-refractivity contribution in [3.8, 4) is 0 Å². The summed E-state index contributed by atoms with van der Waals surface area (Å²) in [7, 11) is 0. The van der Waals surface area contributed by atoms with Crippen molar-refractivity contribution >= 4 is 11.9 Å². The number of aliphatic hydroxyl groups excluding tert-OH is 2. The number of hydrogen-bond acceptors (Lipinski definition) is 9. The number of carbonyl (C=O) groups excluding carboxylic acids is 2. The summed E-state index contributed by atoms with van der Waals surface area (Å²) in [6, 6.07) is 0. The summed E-state index contributed by atoms with van der Waals surface area (Å²) < 4.78 is 30.6. The molecule has 4 bridgehead atoms. The normalized spacial score (nSPS) is 50.0. The van der Waals surface area contributed by atoms with Crippen molar-refractivity contribution in [2.45, 2.75) is 88.2 Å². The number of epoxide rings is 1. The van der Waals surface area contributed by atoms with E-state index >= 15 is 0 Å². The van der Waals surface area contributed by atoms with Crippen LogP contribution in [0.15, 0.2) is 47.6 Å². The van der Waals surface area contributed by atoms with Gasteiger partial charge in [-0.25, -0.2) is 9.59 Å². The first-order valence-corrected chi connectivity index (χ1v) is 13.5. The van der Waals surface area contributed by atoms with Gasteiger partial charge in [0.1, 0.15) is 30.0 Å². The van der Waals surface area contributed by atoms with Crippen molar-refractivity contribution in [3.63, 3.8) is 0 Å². The molecule has 1 saturated carbocycles. The fourth-order valence-electron chi connectivity index (χ4n) is 7.68. The van der Waals surface area contributed by atoms with Gasteiger partial charge in [0.25, 0.3) is 0 Å². The van der Waals surface area contributed by atoms with Crippen LogP contribution in [0.1, 0.15) is 46.5 Å². The lowest BCUT2D eigenvalue weighted by atomic mass is 9.51. The highest BCUT2D eigenvalue weighted by Gasteiger charge is 2.83. The predicted octanol–water partition coefficient (Wildman–Crippen LogP) is 2.07. The predicted molar refractivity (Wildman–Crippen MR) is 134 cm³/mol. The number of esters is 2. The molecule has 4 aliphatic heterocycles. The van der Waals surface area contributed by atoms with Gasteiger partial charge in [0, 0.05) is 24.0 Å². The highest BCUT2D eigenvalue weighted by Crippen LogP contribution is 2.72. The van der Waals surface area contributed by atoms with Gasteiger partial charge in [-0.05, 0) is 44.8 Å². The molecule has 9 atom stereocenters. The quantitative estimate of drug-likeness (QED) is 0.299. The molecule has 3 saturated heterocycles. The average Bonchev–Trinajstić information content (AvgIpc) is 3.65. The number of allylic oxidation sites excluding steroid dienone is 3. The van der Waals surface area contributed by atoms with E-state index in [1.807, 2.05) is 0 Å². The number of cyclic esters (lactones) is 1. The van der Waals surface area contributed by atoms with Crippen molar-refractivity contribution in [1.82, 2.24) is 0 Å². The summed E-state index contributed by atoms with van der Waals surface area (Å²) in [6.07, 6.45) is 8.21. The summed E-state index contributed by atoms with van der Waals surface area (Å²) in [5.74, 6) is -1.10. The first-order chi connectivity index (χ1) is 18.1. The van der Waals surface area contributed by atoms with E-state index in [0.717, 1.165) is 6.42 Å². The van der Waals surface area contributed by atoms with Gasteiger partial charge in [0.2, 0.25) is 0 Å². The number of rotatable bonds is 1. The van der Waals surface area contributed by atoms with Crippen LogP contribution in [0.4, 0.5) is 0 Å². The standard InChI is InChI=1S/C29H36O9/c1-17-7-10-27-15-34-24(32)13-19-8-11-35-28(18(2)30,25(19)33)9-5-4-6-23(31)38-20-14-22(37-21(27)12-17)29(16-36-29)26(20,27)3/h4-6,9,12-13,18,20-22,25,30,33H,7-8,10-11,14-16H2,1-3H3/b6-4-,9-5+,19-13+/t18?,20-,21-,22-,25?,26-,27-,28?,29+/m1/s1. The monoisotopic (exact) mass is 528 g/mol. The largest absolute Gasteiger partial charge is 0.462 e. The maximum atomic E-state index is 13.2. The van der Waals surface area contributed by atoms with Crippen LogP contribution < -0.4 is 0 Å². The Hall–Kier alpha value is -2.30. The van der Waals surface area contributed by atoms with E-state index < -0.39 is 52.3 Å². The molecule has 0 aromatic rings. The van der Waals surface area contributed by atoms with Gasteiger partial charge in [-0.3, -0.25) is 0 Å². The van der Waals surface area contributed by atoms with Crippen LogP contribution in [0.5, 0.6) is 0 Å². The van der Waals surface area contributed by atoms with Gasteiger partial charge in [0.15, 0.2) is 0 Å². The van der Waals surface area contributed by atoms with Crippen LogP contribution in [0.3, 0.4) is 0 Å². The van der Waals surface area contributed by atoms with Gasteiger partial charge >= 0.3 is 11.9 Å². The summed E-state index contributed by atoms with van der Waals surface area (Å²) in [4.78, 5) is 26.2. The minimum atomic E-state index is -1.47. The van der Waals surface area contributed by atoms with E-state index in [0.29, 0.717) is 31.4 Å². The lowest BCUT2D eigenvalue weighted by molar-refractivity contribution is -0.232. The third-order valence-electron chi connectivity index (χ3n) is 10.1. The highest BCUT2D eigenvalue weighted by atomic mass is 16.6. The van der Waals surface area contributed by atoms with Crippen LogP contribution in [0.2, 0.25) is 0 Å². The van der Waals surface area contributed by atoms with Crippen molar-refractivity contribution in [2.24, 2.45) is 10.8 Å². The molecule has 0 aromatic heterocycles. The van der Waals surface area contributed by atoms with Gasteiger partial charge < -0.3 is 33.9 Å². The molecule has 0 amide bonds. The van der Waals surface area contributed by atoms with Crippen LogP contribution in [0, 0.1) is 10.8 Å². The second-order valence-electron chi connectivity index (χ2n) is 11.8. The number of aliphatic hydroxyl groups is 2. The number of fused-ring (bicyclic) bond motifs is 2. The Balaban J connectivity index is 1.44. The molecule has 6 rings (SSSR count). The van der Waals surface area contributed by atoms with Gasteiger partial charge in [-0.15, -0.1) is 0 Å². The average molecular weight is 529 g/mol. The Bertz CT molecular complexity index is 1150. The van der Waals surface area contributed by atoms with Crippen molar-refractivity contribution in [2.75, 3.05) is 19.8 Å². The molecular formula is C29H36O9. The molecule has 2 N–H and O–H groups in total. The molecule has 2 aliphatic carbocycles. The number of ether oxygens (including phenoxy) is 5. The Morgan fingerprint density at radius 3 is 2.61 bits per heavy atom. The second-order valence-corrected chi connectivity index (χ2v) is 11.8. The molecule has 4 heterocycles. The molecule has 9 heteroatoms. The lowest BCUT2D eigenvalue weighted by Gasteiger charge is -2.58. The van der Waals surface area contributed by atoms with E-state index in [-0.39, 0.29) is 25.4 Å². The van der Waals surface area contributed by atoms with Crippen LogP contribution >= 0.6 is 0 Å². The lowest BCUT2D eigenvalue weighted by Crippen LogP contribution is -2.66. The van der Waals surface area contributed by atoms with E-state index in [2.05, 4.69) is 19.9 Å². The zero-order valence-corrected chi connectivity index (χ0v) is 22.1. The minimum absolute atomic E-state index is 0.0519. The summed E-state index contributed by atoms with van der Waals surface area (Å²) in [5.41, 5.74) is -1.76. The second kappa shape index (κ2) is 8.86. The van der Waals surface area contributed by atoms with Crippen molar-refractivity contribution in [3.05, 3.63) is 47.6 Å².